The van der Waals surface area contributed by atoms with Gasteiger partial charge < -0.3 is 10.5 Å². The number of hydrogen-bond donors (Lipinski definition) is 1. The minimum Gasteiger partial charge on any atom is -0.465 e. The summed E-state index contributed by atoms with van der Waals surface area (Å²) in [6.07, 6.45) is -2.71. The predicted molar refractivity (Wildman–Crippen MR) is 58.0 cm³/mol. The molecule has 1 aromatic rings. The number of nitrogens with two attached hydrogens (primary N) is 1. The van der Waals surface area contributed by atoms with E-state index in [-0.39, 0.29) is 23.5 Å². The van der Waals surface area contributed by atoms with E-state index in [0.717, 1.165) is 0 Å². The molecule has 0 aromatic heterocycles. The predicted octanol–water partition coefficient (Wildman–Crippen LogP) is 2.16. The number of rotatable bonds is 3. The molecule has 0 heterocycles. The first kappa shape index (κ1) is 14.8. The van der Waals surface area contributed by atoms with Crippen LogP contribution in [0.25, 0.3) is 0 Å². The maximum absolute atomic E-state index is 12.4. The van der Waals surface area contributed by atoms with E-state index in [4.69, 9.17) is 5.73 Å². The number of halogens is 3. The SMILES string of the molecule is COC(=O)c1ccccc1[C@H](N)C(F)F.Cl. The lowest BCUT2D eigenvalue weighted by atomic mass is 10.0. The van der Waals surface area contributed by atoms with Gasteiger partial charge in [0, 0.05) is 0 Å². The standard InChI is InChI=1S/C10H11F2NO2.ClH/c1-15-10(14)7-5-3-2-4-6(7)8(13)9(11)12;/h2-5,8-9H,13H2,1H3;1H/t8-;/m0./s1. The maximum Gasteiger partial charge on any atom is 0.338 e. The highest BCUT2D eigenvalue weighted by Crippen LogP contribution is 2.22. The zero-order valence-corrected chi connectivity index (χ0v) is 9.34. The van der Waals surface area contributed by atoms with Crippen molar-refractivity contribution in [3.05, 3.63) is 35.4 Å². The third-order valence-electron chi connectivity index (χ3n) is 2.00. The van der Waals surface area contributed by atoms with Crippen molar-refractivity contribution >= 4 is 18.4 Å². The summed E-state index contributed by atoms with van der Waals surface area (Å²) in [6.45, 7) is 0. The van der Waals surface area contributed by atoms with Crippen LogP contribution in [0, 0.1) is 0 Å². The minimum absolute atomic E-state index is 0. The van der Waals surface area contributed by atoms with Gasteiger partial charge in [0.05, 0.1) is 18.7 Å². The zero-order chi connectivity index (χ0) is 11.4. The number of methoxy groups -OCH3 is 1. The molecule has 0 bridgehead atoms. The van der Waals surface area contributed by atoms with Gasteiger partial charge in [-0.15, -0.1) is 12.4 Å². The van der Waals surface area contributed by atoms with Crippen molar-refractivity contribution in [3.8, 4) is 0 Å². The fraction of sp³-hybridized carbons (Fsp3) is 0.300. The first-order valence-corrected chi connectivity index (χ1v) is 4.29. The summed E-state index contributed by atoms with van der Waals surface area (Å²) in [5.74, 6) is -0.665. The zero-order valence-electron chi connectivity index (χ0n) is 8.52. The van der Waals surface area contributed by atoms with Crippen LogP contribution in [-0.2, 0) is 4.74 Å². The molecule has 0 saturated carbocycles. The number of carbonyl (C=O) groups is 1. The molecular formula is C10H12ClF2NO2. The summed E-state index contributed by atoms with van der Waals surface area (Å²) in [7, 11) is 1.19. The molecule has 0 aliphatic heterocycles. The highest BCUT2D eigenvalue weighted by molar-refractivity contribution is 5.91. The molecule has 0 fully saturated rings. The molecule has 1 rings (SSSR count). The monoisotopic (exact) mass is 251 g/mol. The average Bonchev–Trinajstić information content (AvgIpc) is 2.27. The average molecular weight is 252 g/mol. The van der Waals surface area contributed by atoms with Gasteiger partial charge in [-0.05, 0) is 11.6 Å². The summed E-state index contributed by atoms with van der Waals surface area (Å²) in [5, 5.41) is 0. The summed E-state index contributed by atoms with van der Waals surface area (Å²) in [4.78, 5) is 11.2. The molecule has 2 N–H and O–H groups in total. The quantitative estimate of drug-likeness (QED) is 0.838. The first-order valence-electron chi connectivity index (χ1n) is 4.29. The Morgan fingerprint density at radius 1 is 1.38 bits per heavy atom. The van der Waals surface area contributed by atoms with Crippen molar-refractivity contribution in [3.63, 3.8) is 0 Å². The van der Waals surface area contributed by atoms with Crippen LogP contribution in [0.3, 0.4) is 0 Å². The van der Waals surface area contributed by atoms with Gasteiger partial charge in [0.2, 0.25) is 0 Å². The molecule has 16 heavy (non-hydrogen) atoms. The van der Waals surface area contributed by atoms with Gasteiger partial charge in [-0.3, -0.25) is 0 Å². The molecule has 0 aliphatic rings. The summed E-state index contributed by atoms with van der Waals surface area (Å²) in [6, 6.07) is 4.44. The molecule has 1 aromatic carbocycles. The van der Waals surface area contributed by atoms with Crippen LogP contribution in [0.1, 0.15) is 22.0 Å². The Labute approximate surface area is 98.0 Å². The molecule has 90 valence electrons. The van der Waals surface area contributed by atoms with Crippen LogP contribution in [-0.4, -0.2) is 19.5 Å². The minimum atomic E-state index is -2.71. The third kappa shape index (κ3) is 3.15. The molecule has 0 saturated heterocycles. The Kier molecular flexibility index (Phi) is 5.92. The second kappa shape index (κ2) is 6.40. The lowest BCUT2D eigenvalue weighted by Gasteiger charge is -2.13. The van der Waals surface area contributed by atoms with Crippen molar-refractivity contribution in [1.29, 1.82) is 0 Å². The van der Waals surface area contributed by atoms with E-state index in [9.17, 15) is 13.6 Å². The Hall–Kier alpha value is -1.20. The Balaban J connectivity index is 0.00000225. The molecule has 0 amide bonds. The van der Waals surface area contributed by atoms with Gasteiger partial charge in [0.25, 0.3) is 6.43 Å². The smallest absolute Gasteiger partial charge is 0.338 e. The van der Waals surface area contributed by atoms with E-state index in [0.29, 0.717) is 0 Å². The molecule has 6 heteroatoms. The summed E-state index contributed by atoms with van der Waals surface area (Å²) < 4.78 is 29.2. The largest absolute Gasteiger partial charge is 0.465 e. The summed E-state index contributed by atoms with van der Waals surface area (Å²) >= 11 is 0. The molecule has 3 nitrogen and oxygen atoms in total. The fourth-order valence-corrected chi connectivity index (χ4v) is 1.22. The molecular weight excluding hydrogens is 240 g/mol. The Bertz CT molecular complexity index is 360. The van der Waals surface area contributed by atoms with E-state index in [1.165, 1.54) is 19.2 Å². The number of ether oxygens (including phenoxy) is 1. The van der Waals surface area contributed by atoms with Crippen molar-refractivity contribution in [2.24, 2.45) is 5.73 Å². The number of esters is 1. The highest BCUT2D eigenvalue weighted by atomic mass is 35.5. The van der Waals surface area contributed by atoms with Crippen LogP contribution < -0.4 is 5.73 Å². The van der Waals surface area contributed by atoms with Crippen LogP contribution in [0.15, 0.2) is 24.3 Å². The second-order valence-corrected chi connectivity index (χ2v) is 2.94. The maximum atomic E-state index is 12.4. The van der Waals surface area contributed by atoms with Gasteiger partial charge >= 0.3 is 5.97 Å². The fourth-order valence-electron chi connectivity index (χ4n) is 1.22. The van der Waals surface area contributed by atoms with E-state index in [1.807, 2.05) is 0 Å². The number of carbonyl (C=O) groups excluding carboxylic acids is 1. The molecule has 0 radical (unpaired) electrons. The second-order valence-electron chi connectivity index (χ2n) is 2.94. The number of benzene rings is 1. The Morgan fingerprint density at radius 3 is 2.44 bits per heavy atom. The molecule has 1 atom stereocenters. The molecule has 0 aliphatic carbocycles. The van der Waals surface area contributed by atoms with Crippen LogP contribution >= 0.6 is 12.4 Å². The third-order valence-corrected chi connectivity index (χ3v) is 2.00. The van der Waals surface area contributed by atoms with Crippen LogP contribution in [0.5, 0.6) is 0 Å². The number of hydrogen-bond acceptors (Lipinski definition) is 3. The normalized spacial score (nSPS) is 11.8. The van der Waals surface area contributed by atoms with Crippen LogP contribution in [0.4, 0.5) is 8.78 Å². The number of alkyl halides is 2. The van der Waals surface area contributed by atoms with Gasteiger partial charge in [0.15, 0.2) is 0 Å². The molecule has 0 unspecified atom stereocenters. The van der Waals surface area contributed by atoms with Crippen molar-refractivity contribution in [2.75, 3.05) is 7.11 Å². The van der Waals surface area contributed by atoms with Crippen molar-refractivity contribution in [1.82, 2.24) is 0 Å². The van der Waals surface area contributed by atoms with E-state index >= 15 is 0 Å². The van der Waals surface area contributed by atoms with Gasteiger partial charge in [-0.1, -0.05) is 18.2 Å². The lowest BCUT2D eigenvalue weighted by Crippen LogP contribution is -2.22. The Morgan fingerprint density at radius 2 is 1.94 bits per heavy atom. The molecule has 0 spiro atoms. The topological polar surface area (TPSA) is 52.3 Å². The van der Waals surface area contributed by atoms with Crippen molar-refractivity contribution < 1.29 is 18.3 Å². The van der Waals surface area contributed by atoms with Gasteiger partial charge in [-0.2, -0.15) is 0 Å². The highest BCUT2D eigenvalue weighted by Gasteiger charge is 2.23. The van der Waals surface area contributed by atoms with Crippen molar-refractivity contribution in [2.45, 2.75) is 12.5 Å². The lowest BCUT2D eigenvalue weighted by molar-refractivity contribution is 0.0595. The van der Waals surface area contributed by atoms with Gasteiger partial charge in [-0.25, -0.2) is 13.6 Å². The van der Waals surface area contributed by atoms with E-state index in [1.54, 1.807) is 12.1 Å². The van der Waals surface area contributed by atoms with Crippen LogP contribution in [0.2, 0.25) is 0 Å². The van der Waals surface area contributed by atoms with E-state index in [2.05, 4.69) is 4.74 Å². The van der Waals surface area contributed by atoms with E-state index < -0.39 is 18.4 Å². The summed E-state index contributed by atoms with van der Waals surface area (Å²) in [5.41, 5.74) is 5.45. The van der Waals surface area contributed by atoms with Gasteiger partial charge in [0.1, 0.15) is 0 Å². The first-order chi connectivity index (χ1) is 7.07.